The molecule has 0 saturated carbocycles. The Labute approximate surface area is 171 Å². The van der Waals surface area contributed by atoms with E-state index in [-0.39, 0.29) is 12.2 Å². The third-order valence-electron chi connectivity index (χ3n) is 3.98. The van der Waals surface area contributed by atoms with Crippen LogP contribution in [-0.4, -0.2) is 23.7 Å². The standard InChI is InChI=1S/C21H17ClN2O5/c1-28-21(27)15-7-9-17(10-8-15)23-19(25)18-6-3-11-24(20(18)26)29-13-14-4-2-5-16(22)12-14/h2-12H,13H2,1H3,(H,23,25). The number of benzene rings is 2. The highest BCUT2D eigenvalue weighted by atomic mass is 35.5. The van der Waals surface area contributed by atoms with Gasteiger partial charge in [0, 0.05) is 16.9 Å². The quantitative estimate of drug-likeness (QED) is 0.628. The zero-order valence-electron chi connectivity index (χ0n) is 15.4. The molecular formula is C21H17ClN2O5. The number of hydrogen-bond donors (Lipinski definition) is 1. The van der Waals surface area contributed by atoms with E-state index in [1.807, 2.05) is 6.07 Å². The summed E-state index contributed by atoms with van der Waals surface area (Å²) in [6.45, 7) is 0.112. The average molecular weight is 413 g/mol. The second-order valence-electron chi connectivity index (χ2n) is 5.98. The van der Waals surface area contributed by atoms with Gasteiger partial charge in [-0.1, -0.05) is 23.7 Å². The van der Waals surface area contributed by atoms with Gasteiger partial charge in [0.05, 0.1) is 12.7 Å². The summed E-state index contributed by atoms with van der Waals surface area (Å²) < 4.78 is 5.62. The highest BCUT2D eigenvalue weighted by Crippen LogP contribution is 2.12. The van der Waals surface area contributed by atoms with Gasteiger partial charge in [0.1, 0.15) is 12.2 Å². The van der Waals surface area contributed by atoms with Crippen LogP contribution in [0.15, 0.2) is 71.7 Å². The fraction of sp³-hybridized carbons (Fsp3) is 0.0952. The molecule has 0 spiro atoms. The molecular weight excluding hydrogens is 396 g/mol. The molecule has 0 atom stereocenters. The number of amides is 1. The number of methoxy groups -OCH3 is 1. The highest BCUT2D eigenvalue weighted by Gasteiger charge is 2.14. The molecule has 0 aliphatic carbocycles. The lowest BCUT2D eigenvalue weighted by molar-refractivity contribution is 0.0600. The number of rotatable bonds is 6. The molecule has 1 aromatic heterocycles. The molecule has 0 bridgehead atoms. The van der Waals surface area contributed by atoms with Crippen LogP contribution in [-0.2, 0) is 11.3 Å². The molecule has 0 unspecified atom stereocenters. The lowest BCUT2D eigenvalue weighted by atomic mass is 10.2. The Balaban J connectivity index is 1.72. The molecule has 8 heteroatoms. The maximum absolute atomic E-state index is 12.6. The molecule has 1 N–H and O–H groups in total. The van der Waals surface area contributed by atoms with Crippen LogP contribution in [0.25, 0.3) is 0 Å². The molecule has 0 radical (unpaired) electrons. The third-order valence-corrected chi connectivity index (χ3v) is 4.22. The number of carbonyl (C=O) groups excluding carboxylic acids is 2. The predicted molar refractivity (Wildman–Crippen MR) is 108 cm³/mol. The smallest absolute Gasteiger partial charge is 0.337 e. The van der Waals surface area contributed by atoms with Crippen LogP contribution in [0.5, 0.6) is 0 Å². The number of ether oxygens (including phenoxy) is 1. The van der Waals surface area contributed by atoms with Crippen LogP contribution in [0.2, 0.25) is 5.02 Å². The van der Waals surface area contributed by atoms with Crippen molar-refractivity contribution in [1.82, 2.24) is 4.73 Å². The van der Waals surface area contributed by atoms with E-state index < -0.39 is 17.4 Å². The van der Waals surface area contributed by atoms with Gasteiger partial charge in [-0.3, -0.25) is 9.59 Å². The second kappa shape index (κ2) is 9.07. The van der Waals surface area contributed by atoms with Gasteiger partial charge in [0.25, 0.3) is 11.5 Å². The van der Waals surface area contributed by atoms with E-state index in [1.165, 1.54) is 37.6 Å². The molecule has 3 rings (SSSR count). The summed E-state index contributed by atoms with van der Waals surface area (Å²) in [4.78, 5) is 42.0. The number of nitrogens with one attached hydrogen (secondary N) is 1. The lowest BCUT2D eigenvalue weighted by Crippen LogP contribution is -2.32. The Hall–Kier alpha value is -3.58. The minimum atomic E-state index is -0.599. The monoisotopic (exact) mass is 412 g/mol. The molecule has 7 nitrogen and oxygen atoms in total. The van der Waals surface area contributed by atoms with Crippen LogP contribution >= 0.6 is 11.6 Å². The minimum Gasteiger partial charge on any atom is -0.465 e. The largest absolute Gasteiger partial charge is 0.465 e. The first-order valence-electron chi connectivity index (χ1n) is 8.57. The van der Waals surface area contributed by atoms with Crippen LogP contribution < -0.4 is 15.7 Å². The van der Waals surface area contributed by atoms with Gasteiger partial charge in [-0.15, -0.1) is 0 Å². The summed E-state index contributed by atoms with van der Waals surface area (Å²) in [6, 6.07) is 16.1. The number of hydrogen-bond acceptors (Lipinski definition) is 5. The predicted octanol–water partition coefficient (Wildman–Crippen LogP) is 3.17. The van der Waals surface area contributed by atoms with Crippen molar-refractivity contribution in [2.24, 2.45) is 0 Å². The van der Waals surface area contributed by atoms with Gasteiger partial charge in [0.2, 0.25) is 0 Å². The van der Waals surface area contributed by atoms with E-state index in [1.54, 1.807) is 30.3 Å². The van der Waals surface area contributed by atoms with Crippen LogP contribution in [0.4, 0.5) is 5.69 Å². The summed E-state index contributed by atoms with van der Waals surface area (Å²) >= 11 is 5.93. The molecule has 0 aliphatic rings. The topological polar surface area (TPSA) is 86.6 Å². The Kier molecular flexibility index (Phi) is 6.31. The molecule has 0 aliphatic heterocycles. The van der Waals surface area contributed by atoms with Crippen LogP contribution in [0, 0.1) is 0 Å². The van der Waals surface area contributed by atoms with Gasteiger partial charge in [0.15, 0.2) is 0 Å². The van der Waals surface area contributed by atoms with Crippen molar-refractivity contribution in [3.63, 3.8) is 0 Å². The van der Waals surface area contributed by atoms with E-state index in [0.29, 0.717) is 16.3 Å². The molecule has 1 amide bonds. The van der Waals surface area contributed by atoms with Crippen molar-refractivity contribution in [1.29, 1.82) is 0 Å². The Morgan fingerprint density at radius 3 is 2.52 bits per heavy atom. The minimum absolute atomic E-state index is 0.0874. The number of carbonyl (C=O) groups is 2. The molecule has 1 heterocycles. The Bertz CT molecular complexity index is 1090. The van der Waals surface area contributed by atoms with Crippen molar-refractivity contribution in [2.75, 3.05) is 12.4 Å². The van der Waals surface area contributed by atoms with Crippen LogP contribution in [0.3, 0.4) is 0 Å². The first-order valence-corrected chi connectivity index (χ1v) is 8.95. The third kappa shape index (κ3) is 5.03. The molecule has 3 aromatic rings. The van der Waals surface area contributed by atoms with E-state index in [0.717, 1.165) is 10.3 Å². The van der Waals surface area contributed by atoms with Crippen molar-refractivity contribution in [3.8, 4) is 0 Å². The molecule has 2 aromatic carbocycles. The van der Waals surface area contributed by atoms with Gasteiger partial charge >= 0.3 is 5.97 Å². The number of pyridine rings is 1. The normalized spacial score (nSPS) is 10.3. The van der Waals surface area contributed by atoms with Crippen molar-refractivity contribution in [2.45, 2.75) is 6.61 Å². The van der Waals surface area contributed by atoms with E-state index in [4.69, 9.17) is 16.4 Å². The van der Waals surface area contributed by atoms with Gasteiger partial charge in [-0.25, -0.2) is 4.79 Å². The molecule has 29 heavy (non-hydrogen) atoms. The number of esters is 1. The number of anilines is 1. The summed E-state index contributed by atoms with van der Waals surface area (Å²) in [5.74, 6) is -1.08. The summed E-state index contributed by atoms with van der Waals surface area (Å²) in [7, 11) is 1.28. The van der Waals surface area contributed by atoms with Crippen molar-refractivity contribution >= 4 is 29.2 Å². The van der Waals surface area contributed by atoms with E-state index in [2.05, 4.69) is 10.1 Å². The van der Waals surface area contributed by atoms with E-state index >= 15 is 0 Å². The zero-order valence-corrected chi connectivity index (χ0v) is 16.2. The average Bonchev–Trinajstić information content (AvgIpc) is 2.73. The Morgan fingerprint density at radius 2 is 1.83 bits per heavy atom. The first kappa shape index (κ1) is 20.2. The SMILES string of the molecule is COC(=O)c1ccc(NC(=O)c2cccn(OCc3cccc(Cl)c3)c2=O)cc1. The van der Waals surface area contributed by atoms with Gasteiger partial charge in [-0.05, 0) is 54.1 Å². The molecule has 0 saturated heterocycles. The summed E-state index contributed by atoms with van der Waals surface area (Å²) in [5.41, 5.74) is 0.873. The highest BCUT2D eigenvalue weighted by molar-refractivity contribution is 6.30. The van der Waals surface area contributed by atoms with Crippen LogP contribution in [0.1, 0.15) is 26.3 Å². The maximum Gasteiger partial charge on any atom is 0.337 e. The van der Waals surface area contributed by atoms with Crippen molar-refractivity contribution in [3.05, 3.63) is 98.9 Å². The molecule has 0 fully saturated rings. The maximum atomic E-state index is 12.6. The zero-order chi connectivity index (χ0) is 20.8. The summed E-state index contributed by atoms with van der Waals surface area (Å²) in [6.07, 6.45) is 1.43. The fourth-order valence-corrected chi connectivity index (χ4v) is 2.74. The fourth-order valence-electron chi connectivity index (χ4n) is 2.53. The number of aromatic nitrogens is 1. The van der Waals surface area contributed by atoms with E-state index in [9.17, 15) is 14.4 Å². The van der Waals surface area contributed by atoms with Crippen molar-refractivity contribution < 1.29 is 19.2 Å². The number of nitrogens with zero attached hydrogens (tertiary/aromatic N) is 1. The Morgan fingerprint density at radius 1 is 1.07 bits per heavy atom. The van der Waals surface area contributed by atoms with Gasteiger partial charge < -0.3 is 14.9 Å². The number of halogens is 1. The lowest BCUT2D eigenvalue weighted by Gasteiger charge is -2.10. The molecule has 148 valence electrons. The second-order valence-corrected chi connectivity index (χ2v) is 6.42. The first-order chi connectivity index (χ1) is 14.0. The van der Waals surface area contributed by atoms with Gasteiger partial charge in [-0.2, -0.15) is 4.73 Å². The summed E-state index contributed by atoms with van der Waals surface area (Å²) in [5, 5.41) is 3.17.